The number of nitriles is 1. The molecule has 1 rings (SSSR count). The van der Waals surface area contributed by atoms with Gasteiger partial charge >= 0.3 is 0 Å². The predicted octanol–water partition coefficient (Wildman–Crippen LogP) is 1.28. The number of sulfonamides is 1. The van der Waals surface area contributed by atoms with Crippen molar-refractivity contribution in [1.29, 1.82) is 5.26 Å². The Labute approximate surface area is 109 Å². The fraction of sp³-hybridized carbons (Fsp3) is 0.300. The summed E-state index contributed by atoms with van der Waals surface area (Å²) in [4.78, 5) is 0. The van der Waals surface area contributed by atoms with Gasteiger partial charge in [0, 0.05) is 11.0 Å². The van der Waals surface area contributed by atoms with Crippen molar-refractivity contribution in [3.8, 4) is 6.07 Å². The van der Waals surface area contributed by atoms with E-state index in [0.29, 0.717) is 11.3 Å². The monoisotopic (exact) mass is 317 g/mol. The molecule has 92 valence electrons. The summed E-state index contributed by atoms with van der Waals surface area (Å²) in [6.07, 6.45) is 0. The second kappa shape index (κ2) is 6.00. The fourth-order valence-corrected chi connectivity index (χ4v) is 2.12. The van der Waals surface area contributed by atoms with Gasteiger partial charge in [0.1, 0.15) is 6.07 Å². The van der Waals surface area contributed by atoms with Crippen LogP contribution in [0.3, 0.4) is 0 Å². The van der Waals surface area contributed by atoms with E-state index in [-0.39, 0.29) is 12.3 Å². The van der Waals surface area contributed by atoms with Crippen molar-refractivity contribution in [3.05, 3.63) is 28.2 Å². The summed E-state index contributed by atoms with van der Waals surface area (Å²) in [7, 11) is -1.86. The van der Waals surface area contributed by atoms with Gasteiger partial charge in [-0.05, 0) is 25.2 Å². The van der Waals surface area contributed by atoms with Crippen LogP contribution in [0.5, 0.6) is 0 Å². The summed E-state index contributed by atoms with van der Waals surface area (Å²) in [5.41, 5.74) is 1.10. The first-order valence-corrected chi connectivity index (χ1v) is 7.28. The molecule has 0 aliphatic heterocycles. The Morgan fingerprint density at radius 1 is 1.47 bits per heavy atom. The van der Waals surface area contributed by atoms with Crippen LogP contribution in [0.25, 0.3) is 0 Å². The number of hydrogen-bond acceptors (Lipinski definition) is 4. The molecule has 0 aliphatic carbocycles. The van der Waals surface area contributed by atoms with Crippen molar-refractivity contribution in [2.45, 2.75) is 0 Å². The van der Waals surface area contributed by atoms with Crippen LogP contribution in [0.2, 0.25) is 0 Å². The van der Waals surface area contributed by atoms with Crippen molar-refractivity contribution >= 4 is 31.6 Å². The third-order valence-electron chi connectivity index (χ3n) is 2.10. The topological polar surface area (TPSA) is 82.0 Å². The van der Waals surface area contributed by atoms with Gasteiger partial charge in [-0.2, -0.15) is 5.26 Å². The Kier molecular flexibility index (Phi) is 4.93. The zero-order valence-corrected chi connectivity index (χ0v) is 11.6. The van der Waals surface area contributed by atoms with Gasteiger partial charge in [-0.25, -0.2) is 13.1 Å². The normalized spacial score (nSPS) is 10.9. The summed E-state index contributed by atoms with van der Waals surface area (Å²) in [6.45, 7) is 0.244. The number of halogens is 1. The highest BCUT2D eigenvalue weighted by atomic mass is 79.9. The van der Waals surface area contributed by atoms with Crippen molar-refractivity contribution in [3.63, 3.8) is 0 Å². The average Bonchev–Trinajstić information content (AvgIpc) is 2.29. The van der Waals surface area contributed by atoms with Crippen molar-refractivity contribution in [2.24, 2.45) is 0 Å². The molecule has 0 amide bonds. The van der Waals surface area contributed by atoms with Crippen LogP contribution in [0.4, 0.5) is 5.69 Å². The second-order valence-electron chi connectivity index (χ2n) is 3.25. The van der Waals surface area contributed by atoms with Gasteiger partial charge in [0.25, 0.3) is 0 Å². The maximum absolute atomic E-state index is 11.2. The molecule has 0 heterocycles. The number of benzene rings is 1. The highest BCUT2D eigenvalue weighted by molar-refractivity contribution is 9.10. The van der Waals surface area contributed by atoms with Gasteiger partial charge in [0.05, 0.1) is 17.0 Å². The Bertz CT molecular complexity index is 537. The average molecular weight is 318 g/mol. The first-order chi connectivity index (χ1) is 7.98. The van der Waals surface area contributed by atoms with E-state index in [1.54, 1.807) is 18.2 Å². The second-order valence-corrected chi connectivity index (χ2v) is 6.21. The van der Waals surface area contributed by atoms with E-state index < -0.39 is 10.0 Å². The van der Waals surface area contributed by atoms with Crippen molar-refractivity contribution < 1.29 is 8.42 Å². The lowest BCUT2D eigenvalue weighted by atomic mass is 10.2. The molecular weight excluding hydrogens is 306 g/mol. The largest absolute Gasteiger partial charge is 0.383 e. The van der Waals surface area contributed by atoms with E-state index in [0.717, 1.165) is 4.47 Å². The molecule has 0 bridgehead atoms. The van der Waals surface area contributed by atoms with Crippen LogP contribution >= 0.6 is 15.9 Å². The van der Waals surface area contributed by atoms with E-state index in [9.17, 15) is 8.42 Å². The molecule has 0 saturated heterocycles. The van der Waals surface area contributed by atoms with E-state index in [1.807, 2.05) is 6.07 Å². The van der Waals surface area contributed by atoms with Crippen LogP contribution < -0.4 is 10.0 Å². The third kappa shape index (κ3) is 4.34. The first kappa shape index (κ1) is 14.0. The molecule has 17 heavy (non-hydrogen) atoms. The summed E-state index contributed by atoms with van der Waals surface area (Å²) < 4.78 is 25.4. The fourth-order valence-electron chi connectivity index (χ4n) is 1.18. The van der Waals surface area contributed by atoms with Crippen LogP contribution in [0.15, 0.2) is 22.7 Å². The maximum atomic E-state index is 11.2. The molecule has 7 heteroatoms. The van der Waals surface area contributed by atoms with Crippen LogP contribution in [-0.2, 0) is 10.0 Å². The minimum absolute atomic E-state index is 0.0408. The Morgan fingerprint density at radius 3 is 2.76 bits per heavy atom. The number of nitrogens with zero attached hydrogens (tertiary/aromatic N) is 1. The lowest BCUT2D eigenvalue weighted by Crippen LogP contribution is -2.26. The molecule has 0 radical (unpaired) electrons. The van der Waals surface area contributed by atoms with Crippen LogP contribution in [0.1, 0.15) is 5.56 Å². The maximum Gasteiger partial charge on any atom is 0.213 e. The van der Waals surface area contributed by atoms with Crippen LogP contribution in [-0.4, -0.2) is 27.8 Å². The zero-order valence-electron chi connectivity index (χ0n) is 9.20. The first-order valence-electron chi connectivity index (χ1n) is 4.83. The van der Waals surface area contributed by atoms with Gasteiger partial charge < -0.3 is 5.32 Å². The summed E-state index contributed by atoms with van der Waals surface area (Å²) in [5, 5.41) is 11.8. The minimum atomic E-state index is -3.23. The molecule has 2 N–H and O–H groups in total. The molecule has 0 unspecified atom stereocenters. The molecule has 5 nitrogen and oxygen atoms in total. The number of hydrogen-bond donors (Lipinski definition) is 2. The highest BCUT2D eigenvalue weighted by Gasteiger charge is 2.07. The molecule has 0 aliphatic rings. The molecule has 1 aromatic rings. The number of anilines is 1. The standard InChI is InChI=1S/C10H12BrN3O2S/c1-13-17(15,16)5-4-14-10-6-9(11)3-2-8(10)7-12/h2-3,6,13-14H,4-5H2,1H3. The lowest BCUT2D eigenvalue weighted by molar-refractivity contribution is 0.588. The molecule has 1 aromatic carbocycles. The minimum Gasteiger partial charge on any atom is -0.383 e. The highest BCUT2D eigenvalue weighted by Crippen LogP contribution is 2.20. The summed E-state index contributed by atoms with van der Waals surface area (Å²) in [6, 6.07) is 7.20. The van der Waals surface area contributed by atoms with E-state index in [1.165, 1.54) is 7.05 Å². The molecule has 0 aromatic heterocycles. The number of rotatable bonds is 5. The van der Waals surface area contributed by atoms with Gasteiger partial charge in [-0.3, -0.25) is 0 Å². The number of nitrogens with one attached hydrogen (secondary N) is 2. The third-order valence-corrected chi connectivity index (χ3v) is 3.96. The quantitative estimate of drug-likeness (QED) is 0.857. The molecule has 0 saturated carbocycles. The van der Waals surface area contributed by atoms with Crippen LogP contribution in [0, 0.1) is 11.3 Å². The van der Waals surface area contributed by atoms with E-state index in [2.05, 4.69) is 26.0 Å². The molecule has 0 atom stereocenters. The van der Waals surface area contributed by atoms with Gasteiger partial charge in [-0.15, -0.1) is 0 Å². The smallest absolute Gasteiger partial charge is 0.213 e. The van der Waals surface area contributed by atoms with Gasteiger partial charge in [0.15, 0.2) is 0 Å². The Hall–Kier alpha value is -1.10. The molecule has 0 spiro atoms. The molecular formula is C10H12BrN3O2S. The van der Waals surface area contributed by atoms with Gasteiger partial charge in [0.2, 0.25) is 10.0 Å². The van der Waals surface area contributed by atoms with Crippen molar-refractivity contribution in [1.82, 2.24) is 4.72 Å². The van der Waals surface area contributed by atoms with E-state index in [4.69, 9.17) is 5.26 Å². The Balaban J connectivity index is 2.70. The Morgan fingerprint density at radius 2 is 2.18 bits per heavy atom. The van der Waals surface area contributed by atoms with Crippen molar-refractivity contribution in [2.75, 3.05) is 24.7 Å². The zero-order chi connectivity index (χ0) is 12.9. The summed E-state index contributed by atoms with van der Waals surface area (Å²) in [5.74, 6) is -0.0408. The molecule has 0 fully saturated rings. The SMILES string of the molecule is CNS(=O)(=O)CCNc1cc(Br)ccc1C#N. The summed E-state index contributed by atoms with van der Waals surface area (Å²) >= 11 is 3.29. The van der Waals surface area contributed by atoms with E-state index >= 15 is 0 Å². The van der Waals surface area contributed by atoms with Gasteiger partial charge in [-0.1, -0.05) is 15.9 Å². The lowest BCUT2D eigenvalue weighted by Gasteiger charge is -2.08. The predicted molar refractivity (Wildman–Crippen MR) is 70.2 cm³/mol.